The van der Waals surface area contributed by atoms with Crippen molar-refractivity contribution in [2.75, 3.05) is 31.1 Å². The summed E-state index contributed by atoms with van der Waals surface area (Å²) in [5, 5.41) is 12.3. The van der Waals surface area contributed by atoms with Crippen molar-refractivity contribution in [3.8, 4) is 0 Å². The highest BCUT2D eigenvalue weighted by molar-refractivity contribution is 5.79. The number of hydrogen-bond acceptors (Lipinski definition) is 6. The Kier molecular flexibility index (Phi) is 4.78. The first-order valence-corrected chi connectivity index (χ1v) is 8.29. The maximum absolute atomic E-state index is 12.6. The van der Waals surface area contributed by atoms with Gasteiger partial charge in [0.2, 0.25) is 5.91 Å². The molecule has 1 aliphatic rings. The summed E-state index contributed by atoms with van der Waals surface area (Å²) >= 11 is 0. The van der Waals surface area contributed by atoms with Gasteiger partial charge < -0.3 is 14.3 Å². The van der Waals surface area contributed by atoms with Crippen LogP contribution in [0.2, 0.25) is 0 Å². The van der Waals surface area contributed by atoms with Crippen LogP contribution in [0.3, 0.4) is 0 Å². The third-order valence-corrected chi connectivity index (χ3v) is 4.47. The average molecular weight is 329 g/mol. The second-order valence-corrected chi connectivity index (χ2v) is 6.23. The molecule has 0 spiro atoms. The van der Waals surface area contributed by atoms with E-state index in [0.29, 0.717) is 13.0 Å². The van der Waals surface area contributed by atoms with Gasteiger partial charge >= 0.3 is 0 Å². The van der Waals surface area contributed by atoms with Crippen LogP contribution in [-0.2, 0) is 11.2 Å². The number of aryl methyl sites for hydroxylation is 3. The molecule has 0 aliphatic carbocycles. The smallest absolute Gasteiger partial charge is 0.227 e. The summed E-state index contributed by atoms with van der Waals surface area (Å²) in [7, 11) is 0. The molecule has 1 fully saturated rings. The normalized spacial score (nSPS) is 15.5. The van der Waals surface area contributed by atoms with Gasteiger partial charge in [0.1, 0.15) is 5.76 Å². The topological polar surface area (TPSA) is 75.4 Å². The molecule has 24 heavy (non-hydrogen) atoms. The number of aromatic nitrogens is 3. The fourth-order valence-electron chi connectivity index (χ4n) is 2.97. The Hall–Kier alpha value is -2.44. The van der Waals surface area contributed by atoms with Crippen molar-refractivity contribution < 1.29 is 9.32 Å². The molecular formula is C17H23N5O2. The standard InChI is InChI=1S/C17H23N5O2/c1-12-5-6-16(19-18-12)21-7-4-8-22(10-9-21)17(23)11-15-13(2)20-24-14(15)3/h5-6H,4,7-11H2,1-3H3. The molecule has 7 heteroatoms. The van der Waals surface area contributed by atoms with Crippen molar-refractivity contribution >= 4 is 11.7 Å². The van der Waals surface area contributed by atoms with Crippen LogP contribution in [0.15, 0.2) is 16.7 Å². The number of hydrogen-bond donors (Lipinski definition) is 0. The van der Waals surface area contributed by atoms with Gasteiger partial charge in [0.05, 0.1) is 17.8 Å². The molecule has 0 radical (unpaired) electrons. The second-order valence-electron chi connectivity index (χ2n) is 6.23. The maximum Gasteiger partial charge on any atom is 0.227 e. The van der Waals surface area contributed by atoms with Crippen molar-refractivity contribution in [1.82, 2.24) is 20.3 Å². The van der Waals surface area contributed by atoms with Crippen LogP contribution in [-0.4, -0.2) is 52.3 Å². The van der Waals surface area contributed by atoms with Crippen molar-refractivity contribution in [2.24, 2.45) is 0 Å². The first kappa shape index (κ1) is 16.4. The van der Waals surface area contributed by atoms with Crippen molar-refractivity contribution in [1.29, 1.82) is 0 Å². The summed E-state index contributed by atoms with van der Waals surface area (Å²) in [6.07, 6.45) is 1.27. The Bertz CT molecular complexity index is 691. The minimum atomic E-state index is 0.126. The molecule has 0 bridgehead atoms. The van der Waals surface area contributed by atoms with E-state index >= 15 is 0 Å². The lowest BCUT2D eigenvalue weighted by Crippen LogP contribution is -2.36. The lowest BCUT2D eigenvalue weighted by molar-refractivity contribution is -0.130. The van der Waals surface area contributed by atoms with Gasteiger partial charge in [0.25, 0.3) is 0 Å². The summed E-state index contributed by atoms with van der Waals surface area (Å²) < 4.78 is 5.15. The summed E-state index contributed by atoms with van der Waals surface area (Å²) in [6.45, 7) is 8.75. The average Bonchev–Trinajstić information content (AvgIpc) is 2.79. The van der Waals surface area contributed by atoms with E-state index in [1.807, 2.05) is 37.8 Å². The minimum absolute atomic E-state index is 0.126. The molecule has 0 saturated carbocycles. The number of nitrogens with zero attached hydrogens (tertiary/aromatic N) is 5. The van der Waals surface area contributed by atoms with E-state index in [1.54, 1.807) is 0 Å². The van der Waals surface area contributed by atoms with E-state index in [0.717, 1.165) is 54.6 Å². The Morgan fingerprint density at radius 2 is 1.96 bits per heavy atom. The van der Waals surface area contributed by atoms with Crippen LogP contribution >= 0.6 is 0 Å². The van der Waals surface area contributed by atoms with Crippen LogP contribution in [0.1, 0.15) is 29.1 Å². The predicted molar refractivity (Wildman–Crippen MR) is 89.9 cm³/mol. The molecule has 0 N–H and O–H groups in total. The fourth-order valence-corrected chi connectivity index (χ4v) is 2.97. The summed E-state index contributed by atoms with van der Waals surface area (Å²) in [4.78, 5) is 16.7. The highest BCUT2D eigenvalue weighted by Crippen LogP contribution is 2.16. The SMILES string of the molecule is Cc1ccc(N2CCCN(C(=O)Cc3c(C)noc3C)CC2)nn1. The molecule has 1 saturated heterocycles. The number of anilines is 1. The highest BCUT2D eigenvalue weighted by atomic mass is 16.5. The Balaban J connectivity index is 1.62. The number of carbonyl (C=O) groups is 1. The molecule has 1 amide bonds. The second kappa shape index (κ2) is 6.98. The van der Waals surface area contributed by atoms with Crippen LogP contribution in [0.5, 0.6) is 0 Å². The third kappa shape index (κ3) is 3.55. The molecule has 128 valence electrons. The highest BCUT2D eigenvalue weighted by Gasteiger charge is 2.22. The quantitative estimate of drug-likeness (QED) is 0.853. The minimum Gasteiger partial charge on any atom is -0.361 e. The van der Waals surface area contributed by atoms with Gasteiger partial charge in [-0.2, -0.15) is 5.10 Å². The van der Waals surface area contributed by atoms with Crippen LogP contribution < -0.4 is 4.90 Å². The summed E-state index contributed by atoms with van der Waals surface area (Å²) in [5.74, 6) is 1.73. The van der Waals surface area contributed by atoms with E-state index < -0.39 is 0 Å². The number of carbonyl (C=O) groups excluding carboxylic acids is 1. The van der Waals surface area contributed by atoms with E-state index in [2.05, 4.69) is 20.3 Å². The van der Waals surface area contributed by atoms with Crippen LogP contribution in [0, 0.1) is 20.8 Å². The molecule has 2 aromatic rings. The molecule has 3 rings (SSSR count). The summed E-state index contributed by atoms with van der Waals surface area (Å²) in [6, 6.07) is 3.96. The lowest BCUT2D eigenvalue weighted by atomic mass is 10.1. The number of rotatable bonds is 3. The third-order valence-electron chi connectivity index (χ3n) is 4.47. The molecular weight excluding hydrogens is 306 g/mol. The van der Waals surface area contributed by atoms with E-state index in [1.165, 1.54) is 0 Å². The molecule has 0 unspecified atom stereocenters. The Morgan fingerprint density at radius 1 is 1.12 bits per heavy atom. The van der Waals surface area contributed by atoms with E-state index in [9.17, 15) is 4.79 Å². The van der Waals surface area contributed by atoms with Gasteiger partial charge in [-0.1, -0.05) is 5.16 Å². The maximum atomic E-state index is 12.6. The zero-order valence-corrected chi connectivity index (χ0v) is 14.4. The molecule has 0 atom stereocenters. The Morgan fingerprint density at radius 3 is 2.62 bits per heavy atom. The monoisotopic (exact) mass is 329 g/mol. The zero-order valence-electron chi connectivity index (χ0n) is 14.4. The molecule has 3 heterocycles. The van der Waals surface area contributed by atoms with Crippen molar-refractivity contribution in [3.63, 3.8) is 0 Å². The first-order chi connectivity index (χ1) is 11.5. The zero-order chi connectivity index (χ0) is 17.1. The van der Waals surface area contributed by atoms with Crippen molar-refractivity contribution in [3.05, 3.63) is 34.8 Å². The Labute approximate surface area is 141 Å². The predicted octanol–water partition coefficient (Wildman–Crippen LogP) is 1.67. The number of amides is 1. The largest absolute Gasteiger partial charge is 0.361 e. The van der Waals surface area contributed by atoms with Gasteiger partial charge in [-0.25, -0.2) is 0 Å². The van der Waals surface area contributed by atoms with E-state index in [-0.39, 0.29) is 5.91 Å². The lowest BCUT2D eigenvalue weighted by Gasteiger charge is -2.22. The van der Waals surface area contributed by atoms with Crippen molar-refractivity contribution in [2.45, 2.75) is 33.6 Å². The van der Waals surface area contributed by atoms with Crippen LogP contribution in [0.4, 0.5) is 5.82 Å². The van der Waals surface area contributed by atoms with Gasteiger partial charge in [0.15, 0.2) is 5.82 Å². The molecule has 0 aromatic carbocycles. The van der Waals surface area contributed by atoms with Crippen LogP contribution in [0.25, 0.3) is 0 Å². The van der Waals surface area contributed by atoms with E-state index in [4.69, 9.17) is 4.52 Å². The van der Waals surface area contributed by atoms with Gasteiger partial charge in [-0.15, -0.1) is 5.10 Å². The fraction of sp³-hybridized carbons (Fsp3) is 0.529. The molecule has 2 aromatic heterocycles. The van der Waals surface area contributed by atoms with Gasteiger partial charge in [-0.3, -0.25) is 4.79 Å². The van der Waals surface area contributed by atoms with Gasteiger partial charge in [-0.05, 0) is 39.3 Å². The first-order valence-electron chi connectivity index (χ1n) is 8.29. The molecule has 7 nitrogen and oxygen atoms in total. The molecule has 1 aliphatic heterocycles. The summed E-state index contributed by atoms with van der Waals surface area (Å²) in [5.41, 5.74) is 2.61. The van der Waals surface area contributed by atoms with Gasteiger partial charge in [0, 0.05) is 31.7 Å².